The summed E-state index contributed by atoms with van der Waals surface area (Å²) in [6, 6.07) is 9.98. The van der Waals surface area contributed by atoms with Gasteiger partial charge >= 0.3 is 11.9 Å². The second-order valence-corrected chi connectivity index (χ2v) is 5.44. The van der Waals surface area contributed by atoms with Crippen LogP contribution in [0.3, 0.4) is 0 Å². The van der Waals surface area contributed by atoms with E-state index in [1.807, 2.05) is 0 Å². The Labute approximate surface area is 146 Å². The van der Waals surface area contributed by atoms with Crippen molar-refractivity contribution < 1.29 is 27.9 Å². The van der Waals surface area contributed by atoms with Crippen molar-refractivity contribution >= 4 is 22.9 Å². The number of fused-ring (bicyclic) bond motifs is 1. The lowest BCUT2D eigenvalue weighted by molar-refractivity contribution is -0.132. The molecule has 0 atom stereocenters. The van der Waals surface area contributed by atoms with Gasteiger partial charge in [-0.3, -0.25) is 14.4 Å². The Morgan fingerprint density at radius 1 is 0.923 bits per heavy atom. The molecule has 0 bridgehead atoms. The van der Waals surface area contributed by atoms with Crippen LogP contribution in [-0.4, -0.2) is 11.9 Å². The molecule has 0 N–H and O–H groups in total. The molecule has 0 saturated heterocycles. The molecule has 3 aromatic rings. The van der Waals surface area contributed by atoms with Crippen molar-refractivity contribution in [2.75, 3.05) is 0 Å². The average molecular weight is 356 g/mol. The van der Waals surface area contributed by atoms with E-state index in [0.29, 0.717) is 5.56 Å². The quantitative estimate of drug-likeness (QED) is 0.528. The third-order valence-corrected chi connectivity index (χ3v) is 3.45. The van der Waals surface area contributed by atoms with Gasteiger partial charge in [-0.25, -0.2) is 0 Å². The second-order valence-electron chi connectivity index (χ2n) is 5.44. The average Bonchev–Trinajstić information content (AvgIpc) is 2.58. The van der Waals surface area contributed by atoms with E-state index in [2.05, 4.69) is 0 Å². The van der Waals surface area contributed by atoms with E-state index in [1.165, 1.54) is 56.3 Å². The molecule has 0 aliphatic heterocycles. The molecule has 0 fully saturated rings. The topological polar surface area (TPSA) is 82.8 Å². The smallest absolute Gasteiger partial charge is 0.308 e. The van der Waals surface area contributed by atoms with Gasteiger partial charge in [0.05, 0.1) is 5.39 Å². The van der Waals surface area contributed by atoms with E-state index < -0.39 is 23.2 Å². The van der Waals surface area contributed by atoms with Gasteiger partial charge in [-0.05, 0) is 42.5 Å². The van der Waals surface area contributed by atoms with Crippen LogP contribution in [0.15, 0.2) is 51.7 Å². The number of ether oxygens (including phenoxy) is 2. The molecular weight excluding hydrogens is 343 g/mol. The number of rotatable bonds is 3. The Balaban J connectivity index is 2.07. The highest BCUT2D eigenvalue weighted by molar-refractivity contribution is 5.81. The molecule has 132 valence electrons. The van der Waals surface area contributed by atoms with Crippen LogP contribution in [0.5, 0.6) is 11.5 Å². The van der Waals surface area contributed by atoms with Gasteiger partial charge in [0.25, 0.3) is 0 Å². The fourth-order valence-corrected chi connectivity index (χ4v) is 2.41. The van der Waals surface area contributed by atoms with Gasteiger partial charge in [-0.2, -0.15) is 4.39 Å². The zero-order valence-electron chi connectivity index (χ0n) is 13.9. The molecule has 0 unspecified atom stereocenters. The van der Waals surface area contributed by atoms with E-state index in [1.54, 1.807) is 0 Å². The molecule has 0 aliphatic rings. The van der Waals surface area contributed by atoms with Crippen LogP contribution in [0.25, 0.3) is 22.3 Å². The number of carbonyl (C=O) groups is 2. The first kappa shape index (κ1) is 17.3. The van der Waals surface area contributed by atoms with Gasteiger partial charge in [0.15, 0.2) is 5.76 Å². The van der Waals surface area contributed by atoms with Gasteiger partial charge < -0.3 is 13.9 Å². The van der Waals surface area contributed by atoms with Crippen molar-refractivity contribution in [1.82, 2.24) is 0 Å². The van der Waals surface area contributed by atoms with Crippen molar-refractivity contribution in [3.63, 3.8) is 0 Å². The van der Waals surface area contributed by atoms with E-state index in [0.717, 1.165) is 0 Å². The second kappa shape index (κ2) is 6.79. The third kappa shape index (κ3) is 3.46. The first-order valence-corrected chi connectivity index (χ1v) is 7.59. The van der Waals surface area contributed by atoms with Gasteiger partial charge in [-0.1, -0.05) is 0 Å². The highest BCUT2D eigenvalue weighted by Crippen LogP contribution is 2.28. The summed E-state index contributed by atoms with van der Waals surface area (Å²) in [5.41, 5.74) is -0.424. The lowest BCUT2D eigenvalue weighted by Gasteiger charge is -2.07. The number of halogens is 1. The van der Waals surface area contributed by atoms with Crippen molar-refractivity contribution in [3.8, 4) is 22.8 Å². The number of benzene rings is 2. The Bertz CT molecular complexity index is 1070. The summed E-state index contributed by atoms with van der Waals surface area (Å²) in [6.07, 6.45) is 0. The molecule has 3 rings (SSSR count). The van der Waals surface area contributed by atoms with Gasteiger partial charge in [0.1, 0.15) is 17.1 Å². The summed E-state index contributed by atoms with van der Waals surface area (Å²) in [7, 11) is 0. The molecule has 0 radical (unpaired) electrons. The van der Waals surface area contributed by atoms with Crippen LogP contribution in [0.4, 0.5) is 4.39 Å². The first-order valence-electron chi connectivity index (χ1n) is 7.59. The molecular formula is C19H13FO6. The fourth-order valence-electron chi connectivity index (χ4n) is 2.41. The largest absolute Gasteiger partial charge is 0.453 e. The fraction of sp³-hybridized carbons (Fsp3) is 0.105. The summed E-state index contributed by atoms with van der Waals surface area (Å²) >= 11 is 0. The molecule has 6 nitrogen and oxygen atoms in total. The van der Waals surface area contributed by atoms with Crippen LogP contribution in [0.1, 0.15) is 13.8 Å². The number of hydrogen-bond acceptors (Lipinski definition) is 6. The maximum absolute atomic E-state index is 14.5. The Morgan fingerprint density at radius 2 is 1.50 bits per heavy atom. The summed E-state index contributed by atoms with van der Waals surface area (Å²) in [4.78, 5) is 34.3. The van der Waals surface area contributed by atoms with Crippen LogP contribution in [-0.2, 0) is 9.59 Å². The Hall–Kier alpha value is -3.48. The first-order chi connectivity index (χ1) is 12.3. The van der Waals surface area contributed by atoms with Gasteiger partial charge in [0, 0.05) is 19.4 Å². The Morgan fingerprint density at radius 3 is 2.12 bits per heavy atom. The molecule has 0 saturated carbocycles. The van der Waals surface area contributed by atoms with Crippen molar-refractivity contribution in [2.24, 2.45) is 0 Å². The van der Waals surface area contributed by atoms with Crippen LogP contribution >= 0.6 is 0 Å². The monoisotopic (exact) mass is 356 g/mol. The molecule has 1 heterocycles. The molecule has 0 aliphatic carbocycles. The molecule has 7 heteroatoms. The van der Waals surface area contributed by atoms with Crippen molar-refractivity contribution in [3.05, 3.63) is 58.5 Å². The van der Waals surface area contributed by atoms with E-state index in [9.17, 15) is 18.8 Å². The van der Waals surface area contributed by atoms with Crippen molar-refractivity contribution in [1.29, 1.82) is 0 Å². The maximum Gasteiger partial charge on any atom is 0.308 e. The minimum Gasteiger partial charge on any atom is -0.453 e. The SMILES string of the molecule is CC(=O)Oc1ccc(-c2oc3ccc(OC(C)=O)cc3c(=O)c2F)cc1. The number of hydrogen-bond donors (Lipinski definition) is 0. The minimum atomic E-state index is -1.07. The normalized spacial score (nSPS) is 10.6. The van der Waals surface area contributed by atoms with Crippen LogP contribution in [0.2, 0.25) is 0 Å². The molecule has 0 spiro atoms. The lowest BCUT2D eigenvalue weighted by Crippen LogP contribution is -2.09. The summed E-state index contributed by atoms with van der Waals surface area (Å²) in [5.74, 6) is -1.94. The molecule has 26 heavy (non-hydrogen) atoms. The summed E-state index contributed by atoms with van der Waals surface area (Å²) in [6.45, 7) is 2.48. The number of carbonyl (C=O) groups excluding carboxylic acids is 2. The molecule has 0 amide bonds. The lowest BCUT2D eigenvalue weighted by atomic mass is 10.1. The zero-order chi connectivity index (χ0) is 18.8. The predicted octanol–water partition coefficient (Wildman–Crippen LogP) is 3.45. The molecule has 2 aromatic carbocycles. The Kier molecular flexibility index (Phi) is 4.53. The van der Waals surface area contributed by atoms with E-state index >= 15 is 0 Å². The van der Waals surface area contributed by atoms with E-state index in [-0.39, 0.29) is 28.2 Å². The minimum absolute atomic E-state index is 0.0402. The van der Waals surface area contributed by atoms with E-state index in [4.69, 9.17) is 13.9 Å². The van der Waals surface area contributed by atoms with Gasteiger partial charge in [0.2, 0.25) is 11.2 Å². The zero-order valence-corrected chi connectivity index (χ0v) is 13.9. The van der Waals surface area contributed by atoms with Crippen molar-refractivity contribution in [2.45, 2.75) is 13.8 Å². The third-order valence-electron chi connectivity index (χ3n) is 3.45. The highest BCUT2D eigenvalue weighted by Gasteiger charge is 2.17. The maximum atomic E-state index is 14.5. The standard InChI is InChI=1S/C19H13FO6/c1-10(21)24-13-5-3-12(4-6-13)19-17(20)18(23)15-9-14(25-11(2)22)7-8-16(15)26-19/h3-9H,1-2H3. The predicted molar refractivity (Wildman–Crippen MR) is 90.5 cm³/mol. The molecule has 1 aromatic heterocycles. The number of esters is 2. The summed E-state index contributed by atoms with van der Waals surface area (Å²) in [5, 5.41) is -0.0402. The van der Waals surface area contributed by atoms with Gasteiger partial charge in [-0.15, -0.1) is 0 Å². The highest BCUT2D eigenvalue weighted by atomic mass is 19.1. The summed E-state index contributed by atoms with van der Waals surface area (Å²) < 4.78 is 29.8. The van der Waals surface area contributed by atoms with Crippen LogP contribution in [0, 0.1) is 5.82 Å². The van der Waals surface area contributed by atoms with Crippen LogP contribution < -0.4 is 14.9 Å².